The summed E-state index contributed by atoms with van der Waals surface area (Å²) in [6, 6.07) is 26.9. The highest BCUT2D eigenvalue weighted by molar-refractivity contribution is 5.95. The molecule has 0 saturated carbocycles. The van der Waals surface area contributed by atoms with Crippen LogP contribution in [0, 0.1) is 0 Å². The monoisotopic (exact) mass is 452 g/mol. The van der Waals surface area contributed by atoms with Gasteiger partial charge in [0.25, 0.3) is 5.91 Å². The summed E-state index contributed by atoms with van der Waals surface area (Å²) < 4.78 is 5.81. The lowest BCUT2D eigenvalue weighted by Gasteiger charge is -2.21. The van der Waals surface area contributed by atoms with E-state index in [0.29, 0.717) is 29.4 Å². The number of hydrogen-bond donors (Lipinski definition) is 1. The van der Waals surface area contributed by atoms with Crippen LogP contribution in [0.2, 0.25) is 0 Å². The first kappa shape index (κ1) is 23.0. The van der Waals surface area contributed by atoms with Crippen molar-refractivity contribution in [3.05, 3.63) is 102 Å². The van der Waals surface area contributed by atoms with Crippen molar-refractivity contribution in [3.8, 4) is 22.9 Å². The first-order valence-electron chi connectivity index (χ1n) is 11.4. The standard InChI is InChI=1S/C28H28N4O2/c1-3-32(4-2)24-15-13-21(14-16-24)19-29-28(33)23-10-8-9-22(17-23)26-18-27(31-20-30-26)34-25-11-6-5-7-12-25/h5-18,20H,3-4,19H2,1-2H3,(H,29,33). The summed E-state index contributed by atoms with van der Waals surface area (Å²) in [5.74, 6) is 1.01. The molecule has 0 fully saturated rings. The third kappa shape index (κ3) is 5.78. The van der Waals surface area contributed by atoms with Crippen LogP contribution in [0.5, 0.6) is 11.6 Å². The van der Waals surface area contributed by atoms with Gasteiger partial charge in [-0.3, -0.25) is 4.79 Å². The van der Waals surface area contributed by atoms with Gasteiger partial charge in [0.1, 0.15) is 12.1 Å². The molecule has 0 spiro atoms. The van der Waals surface area contributed by atoms with Crippen LogP contribution in [-0.2, 0) is 6.54 Å². The Bertz CT molecular complexity index is 1220. The Morgan fingerprint density at radius 3 is 2.38 bits per heavy atom. The van der Waals surface area contributed by atoms with Crippen molar-refractivity contribution in [2.45, 2.75) is 20.4 Å². The minimum atomic E-state index is -0.135. The van der Waals surface area contributed by atoms with Crippen molar-refractivity contribution in [2.24, 2.45) is 0 Å². The SMILES string of the molecule is CCN(CC)c1ccc(CNC(=O)c2cccc(-c3cc(Oc4ccccc4)ncn3)c2)cc1. The van der Waals surface area contributed by atoms with E-state index < -0.39 is 0 Å². The predicted octanol–water partition coefficient (Wildman–Crippen LogP) is 5.71. The molecule has 4 rings (SSSR count). The van der Waals surface area contributed by atoms with E-state index in [9.17, 15) is 4.79 Å². The zero-order valence-corrected chi connectivity index (χ0v) is 19.4. The molecule has 0 atom stereocenters. The summed E-state index contributed by atoms with van der Waals surface area (Å²) in [7, 11) is 0. The van der Waals surface area contributed by atoms with E-state index in [2.05, 4.69) is 58.3 Å². The summed E-state index contributed by atoms with van der Waals surface area (Å²) in [6.45, 7) is 6.68. The Kier molecular flexibility index (Phi) is 7.50. The summed E-state index contributed by atoms with van der Waals surface area (Å²) in [4.78, 5) is 23.6. The zero-order chi connectivity index (χ0) is 23.8. The van der Waals surface area contributed by atoms with Crippen LogP contribution < -0.4 is 15.0 Å². The first-order chi connectivity index (χ1) is 16.7. The Hall–Kier alpha value is -4.19. The first-order valence-corrected chi connectivity index (χ1v) is 11.4. The van der Waals surface area contributed by atoms with E-state index in [1.54, 1.807) is 12.1 Å². The normalized spacial score (nSPS) is 10.5. The summed E-state index contributed by atoms with van der Waals surface area (Å²) in [6.07, 6.45) is 1.46. The average Bonchev–Trinajstić information content (AvgIpc) is 2.89. The molecule has 1 heterocycles. The van der Waals surface area contributed by atoms with Crippen LogP contribution in [-0.4, -0.2) is 29.0 Å². The Morgan fingerprint density at radius 2 is 1.65 bits per heavy atom. The third-order valence-corrected chi connectivity index (χ3v) is 5.55. The number of aromatic nitrogens is 2. The number of carbonyl (C=O) groups is 1. The molecule has 4 aromatic rings. The van der Waals surface area contributed by atoms with Gasteiger partial charge in [0, 0.05) is 42.5 Å². The Balaban J connectivity index is 1.42. The second kappa shape index (κ2) is 11.1. The molecule has 0 aliphatic heterocycles. The number of benzene rings is 3. The maximum absolute atomic E-state index is 12.8. The Morgan fingerprint density at radius 1 is 0.882 bits per heavy atom. The molecule has 1 amide bonds. The van der Waals surface area contributed by atoms with Crippen LogP contribution in [0.15, 0.2) is 91.3 Å². The molecule has 1 N–H and O–H groups in total. The van der Waals surface area contributed by atoms with Gasteiger partial charge in [0.05, 0.1) is 5.69 Å². The fraction of sp³-hybridized carbons (Fsp3) is 0.179. The molecular weight excluding hydrogens is 424 g/mol. The molecule has 6 heteroatoms. The van der Waals surface area contributed by atoms with Gasteiger partial charge < -0.3 is 15.0 Å². The number of nitrogens with zero attached hydrogens (tertiary/aromatic N) is 3. The highest BCUT2D eigenvalue weighted by Gasteiger charge is 2.10. The van der Waals surface area contributed by atoms with Crippen molar-refractivity contribution < 1.29 is 9.53 Å². The second-order valence-electron chi connectivity index (χ2n) is 7.76. The van der Waals surface area contributed by atoms with E-state index in [1.807, 2.05) is 48.5 Å². The van der Waals surface area contributed by atoms with Crippen LogP contribution in [0.25, 0.3) is 11.3 Å². The minimum absolute atomic E-state index is 0.135. The quantitative estimate of drug-likeness (QED) is 0.352. The molecule has 6 nitrogen and oxygen atoms in total. The number of nitrogens with one attached hydrogen (secondary N) is 1. The molecule has 3 aromatic carbocycles. The molecule has 34 heavy (non-hydrogen) atoms. The van der Waals surface area contributed by atoms with Crippen LogP contribution in [0.1, 0.15) is 29.8 Å². The highest BCUT2D eigenvalue weighted by atomic mass is 16.5. The second-order valence-corrected chi connectivity index (χ2v) is 7.76. The fourth-order valence-electron chi connectivity index (χ4n) is 3.68. The summed E-state index contributed by atoms with van der Waals surface area (Å²) >= 11 is 0. The highest BCUT2D eigenvalue weighted by Crippen LogP contribution is 2.24. The van der Waals surface area contributed by atoms with Crippen molar-refractivity contribution in [1.82, 2.24) is 15.3 Å². The van der Waals surface area contributed by atoms with Gasteiger partial charge in [0.2, 0.25) is 5.88 Å². The van der Waals surface area contributed by atoms with E-state index in [0.717, 1.165) is 24.2 Å². The smallest absolute Gasteiger partial charge is 0.251 e. The molecular formula is C28H28N4O2. The number of para-hydroxylation sites is 1. The van der Waals surface area contributed by atoms with Gasteiger partial charge in [-0.1, -0.05) is 42.5 Å². The van der Waals surface area contributed by atoms with Gasteiger partial charge in [0.15, 0.2) is 0 Å². The summed E-state index contributed by atoms with van der Waals surface area (Å²) in [5.41, 5.74) is 4.31. The van der Waals surface area contributed by atoms with Gasteiger partial charge in [-0.15, -0.1) is 0 Å². The molecule has 0 unspecified atom stereocenters. The number of ether oxygens (including phenoxy) is 1. The topological polar surface area (TPSA) is 67.4 Å². The van der Waals surface area contributed by atoms with Gasteiger partial charge in [-0.2, -0.15) is 0 Å². The molecule has 172 valence electrons. The maximum Gasteiger partial charge on any atom is 0.251 e. The Labute approximate surface area is 200 Å². The molecule has 0 saturated heterocycles. The van der Waals surface area contributed by atoms with Crippen molar-refractivity contribution in [2.75, 3.05) is 18.0 Å². The predicted molar refractivity (Wildman–Crippen MR) is 135 cm³/mol. The lowest BCUT2D eigenvalue weighted by Crippen LogP contribution is -2.23. The van der Waals surface area contributed by atoms with Gasteiger partial charge >= 0.3 is 0 Å². The van der Waals surface area contributed by atoms with Crippen molar-refractivity contribution in [3.63, 3.8) is 0 Å². The molecule has 0 radical (unpaired) electrons. The van der Waals surface area contributed by atoms with Gasteiger partial charge in [-0.25, -0.2) is 9.97 Å². The van der Waals surface area contributed by atoms with E-state index in [4.69, 9.17) is 4.74 Å². The summed E-state index contributed by atoms with van der Waals surface area (Å²) in [5, 5.41) is 3.00. The molecule has 1 aromatic heterocycles. The average molecular weight is 453 g/mol. The van der Waals surface area contributed by atoms with Gasteiger partial charge in [-0.05, 0) is 55.8 Å². The number of amides is 1. The largest absolute Gasteiger partial charge is 0.439 e. The lowest BCUT2D eigenvalue weighted by molar-refractivity contribution is 0.0951. The van der Waals surface area contributed by atoms with E-state index in [-0.39, 0.29) is 5.91 Å². The number of hydrogen-bond acceptors (Lipinski definition) is 5. The zero-order valence-electron chi connectivity index (χ0n) is 19.4. The van der Waals surface area contributed by atoms with E-state index in [1.165, 1.54) is 12.0 Å². The third-order valence-electron chi connectivity index (χ3n) is 5.55. The lowest BCUT2D eigenvalue weighted by atomic mass is 10.1. The van der Waals surface area contributed by atoms with Crippen LogP contribution >= 0.6 is 0 Å². The fourth-order valence-corrected chi connectivity index (χ4v) is 3.68. The van der Waals surface area contributed by atoms with E-state index >= 15 is 0 Å². The van der Waals surface area contributed by atoms with Crippen molar-refractivity contribution >= 4 is 11.6 Å². The van der Waals surface area contributed by atoms with Crippen LogP contribution in [0.4, 0.5) is 5.69 Å². The molecule has 0 aliphatic carbocycles. The van der Waals surface area contributed by atoms with Crippen LogP contribution in [0.3, 0.4) is 0 Å². The molecule has 0 aliphatic rings. The number of anilines is 1. The number of rotatable bonds is 9. The van der Waals surface area contributed by atoms with Crippen molar-refractivity contribution in [1.29, 1.82) is 0 Å². The maximum atomic E-state index is 12.8. The minimum Gasteiger partial charge on any atom is -0.439 e. The number of carbonyl (C=O) groups excluding carboxylic acids is 1. The molecule has 0 bridgehead atoms.